The second kappa shape index (κ2) is 22.7. The molecule has 0 amide bonds. The molecule has 0 nitrogen and oxygen atoms in total. The normalized spacial score (nSPS) is 12.3. The molecule has 0 saturated carbocycles. The third-order valence-corrected chi connectivity index (χ3v) is 12.4. The molecule has 0 aliphatic heterocycles. The van der Waals surface area contributed by atoms with Crippen molar-refractivity contribution in [3.63, 3.8) is 0 Å². The van der Waals surface area contributed by atoms with Crippen LogP contribution in [0.4, 0.5) is 0 Å². The van der Waals surface area contributed by atoms with Gasteiger partial charge >= 0.3 is 37.9 Å². The first kappa shape index (κ1) is 56.1. The fraction of sp³-hybridized carbons (Fsp3) is 0.500. The Hall–Kier alpha value is -2.22. The van der Waals surface area contributed by atoms with Gasteiger partial charge in [-0.1, -0.05) is 210 Å². The molecule has 0 spiro atoms. The van der Waals surface area contributed by atoms with E-state index in [2.05, 4.69) is 236 Å². The van der Waals surface area contributed by atoms with E-state index in [1.165, 1.54) is 88.3 Å². The molecule has 0 aromatic heterocycles. The van der Waals surface area contributed by atoms with Crippen molar-refractivity contribution in [1.82, 2.24) is 0 Å². The Morgan fingerprint density at radius 3 is 0.875 bits per heavy atom. The number of benzene rings is 4. The topological polar surface area (TPSA) is 0 Å². The van der Waals surface area contributed by atoms with Crippen LogP contribution < -0.4 is 0 Å². The van der Waals surface area contributed by atoms with Gasteiger partial charge in [-0.05, 0) is 78.7 Å². The van der Waals surface area contributed by atoms with Gasteiger partial charge in [0, 0.05) is 9.52 Å². The van der Waals surface area contributed by atoms with Crippen molar-refractivity contribution in [2.45, 2.75) is 197 Å². The Balaban J connectivity index is 0.000000303. The van der Waals surface area contributed by atoms with Crippen LogP contribution in [0.5, 0.6) is 0 Å². The molecule has 0 bridgehead atoms. The molecule has 0 aliphatic carbocycles. The average Bonchev–Trinajstić information content (AvgIpc) is 3.82. The van der Waals surface area contributed by atoms with Crippen LogP contribution in [0.25, 0.3) is 43.8 Å². The van der Waals surface area contributed by atoms with E-state index in [1.54, 1.807) is 0 Å². The van der Waals surface area contributed by atoms with Gasteiger partial charge < -0.3 is 0 Å². The fourth-order valence-electron chi connectivity index (χ4n) is 8.19. The van der Waals surface area contributed by atoms with Crippen LogP contribution in [0.2, 0.25) is 13.1 Å². The molecule has 0 atom stereocenters. The monoisotopic (exact) mass is 992 g/mol. The standard InChI is InChI=1S/2C29H39.C2H6Si.2ClH.Zr/c2*1-18(2)21-13-20-11-12-25(19(3)4)27(26(20)16-21)22-14-23(28(5,6)7)17-24(15-22)29(8,9)10;1-3-2;;;/h2*11-19H,1-10H3;1-2H3;2*1H;/q2*-1;;;;+4/p-2. The molecule has 2 radical (unpaired) electrons. The van der Waals surface area contributed by atoms with Gasteiger partial charge in [0.15, 0.2) is 0 Å². The molecule has 0 aliphatic rings. The van der Waals surface area contributed by atoms with Gasteiger partial charge in [0.1, 0.15) is 0 Å². The number of halogens is 2. The molecule has 6 aromatic carbocycles. The molecule has 4 heteroatoms. The Bertz CT molecular complexity index is 2190. The summed E-state index contributed by atoms with van der Waals surface area (Å²) in [6, 6.07) is 33.6. The van der Waals surface area contributed by atoms with E-state index in [9.17, 15) is 0 Å². The first-order valence-corrected chi connectivity index (χ1v) is 32.1. The summed E-state index contributed by atoms with van der Waals surface area (Å²) in [4.78, 5) is 0. The minimum atomic E-state index is -0.826. The molecule has 0 saturated heterocycles. The fourth-order valence-corrected chi connectivity index (χ4v) is 8.19. The van der Waals surface area contributed by atoms with Crippen molar-refractivity contribution in [3.8, 4) is 22.3 Å². The van der Waals surface area contributed by atoms with Crippen molar-refractivity contribution >= 4 is 48.1 Å². The molecule has 0 unspecified atom stereocenters. The number of hydrogen-bond donors (Lipinski definition) is 0. The quantitative estimate of drug-likeness (QED) is 0.115. The second-order valence-electron chi connectivity index (χ2n) is 23.4. The van der Waals surface area contributed by atoms with Crippen molar-refractivity contribution < 1.29 is 20.8 Å². The zero-order chi connectivity index (χ0) is 48.9. The van der Waals surface area contributed by atoms with Crippen molar-refractivity contribution in [3.05, 3.63) is 129 Å². The zero-order valence-electron chi connectivity index (χ0n) is 44.1. The third kappa shape index (κ3) is 14.4. The molecule has 0 N–H and O–H groups in total. The Kier molecular flexibility index (Phi) is 19.9. The van der Waals surface area contributed by atoms with Crippen LogP contribution in [0, 0.1) is 0 Å². The summed E-state index contributed by atoms with van der Waals surface area (Å²) < 4.78 is 0. The van der Waals surface area contributed by atoms with E-state index in [1.807, 2.05) is 0 Å². The first-order chi connectivity index (χ1) is 29.4. The van der Waals surface area contributed by atoms with Gasteiger partial charge in [0.2, 0.25) is 0 Å². The Labute approximate surface area is 414 Å². The number of rotatable bonds is 6. The van der Waals surface area contributed by atoms with Gasteiger partial charge in [-0.2, -0.15) is 12.1 Å². The van der Waals surface area contributed by atoms with Crippen LogP contribution in [-0.2, 0) is 42.5 Å². The second-order valence-corrected chi connectivity index (χ2v) is 28.2. The summed E-state index contributed by atoms with van der Waals surface area (Å²) >= 11 is -0.826. The Morgan fingerprint density at radius 1 is 0.422 bits per heavy atom. The number of hydrogen-bond acceptors (Lipinski definition) is 0. The molecule has 64 heavy (non-hydrogen) atoms. The molecule has 6 aromatic rings. The summed E-state index contributed by atoms with van der Waals surface area (Å²) in [5, 5.41) is 5.55. The Morgan fingerprint density at radius 2 is 0.672 bits per heavy atom. The average molecular weight is 996 g/mol. The van der Waals surface area contributed by atoms with Crippen molar-refractivity contribution in [2.75, 3.05) is 0 Å². The summed E-state index contributed by atoms with van der Waals surface area (Å²) in [5.74, 6) is 2.07. The molecule has 6 rings (SSSR count). The van der Waals surface area contributed by atoms with Crippen LogP contribution in [-0.4, -0.2) is 9.52 Å². The molecule has 0 heterocycles. The minimum absolute atomic E-state index is 0.122. The third-order valence-electron chi connectivity index (χ3n) is 12.4. The summed E-state index contributed by atoms with van der Waals surface area (Å²) in [6.07, 6.45) is 0. The summed E-state index contributed by atoms with van der Waals surface area (Å²) in [7, 11) is 11.0. The van der Waals surface area contributed by atoms with Gasteiger partial charge in [-0.25, -0.2) is 0 Å². The van der Waals surface area contributed by atoms with Gasteiger partial charge in [-0.3, -0.25) is 0 Å². The molecular weight excluding hydrogens is 911 g/mol. The molecule has 0 fully saturated rings. The first-order valence-electron chi connectivity index (χ1n) is 23.7. The van der Waals surface area contributed by atoms with Crippen molar-refractivity contribution in [2.24, 2.45) is 0 Å². The zero-order valence-corrected chi connectivity index (χ0v) is 49.1. The maximum atomic E-state index is 4.93. The van der Waals surface area contributed by atoms with E-state index in [-0.39, 0.29) is 21.7 Å². The predicted molar refractivity (Wildman–Crippen MR) is 290 cm³/mol. The summed E-state index contributed by atoms with van der Waals surface area (Å²) in [6.45, 7) is 50.6. The van der Waals surface area contributed by atoms with E-state index < -0.39 is 20.8 Å². The van der Waals surface area contributed by atoms with Crippen LogP contribution in [0.1, 0.15) is 207 Å². The predicted octanol–water partition coefficient (Wildman–Crippen LogP) is 20.3. The van der Waals surface area contributed by atoms with E-state index in [0.29, 0.717) is 23.7 Å². The summed E-state index contributed by atoms with van der Waals surface area (Å²) in [5.41, 5.74) is 17.5. The van der Waals surface area contributed by atoms with Crippen LogP contribution in [0.3, 0.4) is 0 Å². The van der Waals surface area contributed by atoms with Crippen molar-refractivity contribution in [1.29, 1.82) is 0 Å². The van der Waals surface area contributed by atoms with E-state index in [4.69, 9.17) is 17.0 Å². The van der Waals surface area contributed by atoms with E-state index >= 15 is 0 Å². The SMILES string of the molecule is CC(C)c1cc2c(-c3cc(C(C)(C)C)cc(C(C)(C)C)c3)c(C(C)C)ccc2[cH-]1.CC(C)c1cc2c(-c3cc(C(C)(C)C)cc(C(C)(C)C)c3)c(C(C)C)ccc2[cH-]1.C[Si]C.[Cl][Zr+2][Cl]. The van der Waals surface area contributed by atoms with Gasteiger partial charge in [0.25, 0.3) is 0 Å². The van der Waals surface area contributed by atoms with Crippen LogP contribution in [0.15, 0.2) is 84.9 Å². The van der Waals surface area contributed by atoms with Gasteiger partial charge in [0.05, 0.1) is 0 Å². The molecular formula is C60H84Cl2SiZr. The van der Waals surface area contributed by atoms with Crippen LogP contribution >= 0.6 is 17.0 Å². The molecule has 346 valence electrons. The van der Waals surface area contributed by atoms with E-state index in [0.717, 1.165) is 9.52 Å². The van der Waals surface area contributed by atoms with Gasteiger partial charge in [-0.15, -0.1) is 69.1 Å². The maximum absolute atomic E-state index is 4.93. The number of fused-ring (bicyclic) bond motifs is 2.